The third-order valence-electron chi connectivity index (χ3n) is 1.06. The summed E-state index contributed by atoms with van der Waals surface area (Å²) in [6.07, 6.45) is 7.45. The molecule has 1 rings (SSSR count). The topological polar surface area (TPSA) is 51.8 Å². The van der Waals surface area contributed by atoms with E-state index in [0.29, 0.717) is 6.42 Å². The molecular weight excluding hydrogens is 126 g/mol. The summed E-state index contributed by atoms with van der Waals surface area (Å²) >= 11 is 0. The SMILES string of the molecule is NC=CCc1ncccn1. The van der Waals surface area contributed by atoms with Crippen molar-refractivity contribution < 1.29 is 0 Å². The number of aromatic nitrogens is 2. The molecule has 3 heteroatoms. The van der Waals surface area contributed by atoms with Gasteiger partial charge in [-0.05, 0) is 12.3 Å². The Bertz CT molecular complexity index is 205. The summed E-state index contributed by atoms with van der Waals surface area (Å²) in [6, 6.07) is 1.79. The lowest BCUT2D eigenvalue weighted by molar-refractivity contribution is 0.987. The van der Waals surface area contributed by atoms with Gasteiger partial charge in [0.15, 0.2) is 0 Å². The average molecular weight is 135 g/mol. The highest BCUT2D eigenvalue weighted by atomic mass is 14.8. The molecule has 0 aliphatic rings. The van der Waals surface area contributed by atoms with Crippen LogP contribution in [0.5, 0.6) is 0 Å². The molecule has 2 N–H and O–H groups in total. The van der Waals surface area contributed by atoms with Crippen molar-refractivity contribution in [3.8, 4) is 0 Å². The van der Waals surface area contributed by atoms with Crippen LogP contribution in [0.1, 0.15) is 5.82 Å². The van der Waals surface area contributed by atoms with Crippen molar-refractivity contribution in [2.24, 2.45) is 5.73 Å². The van der Waals surface area contributed by atoms with Crippen LogP contribution in [0.4, 0.5) is 0 Å². The molecule has 0 unspecified atom stereocenters. The highest BCUT2D eigenvalue weighted by Crippen LogP contribution is 1.88. The van der Waals surface area contributed by atoms with Gasteiger partial charge in [0.2, 0.25) is 0 Å². The second-order valence-electron chi connectivity index (χ2n) is 1.80. The van der Waals surface area contributed by atoms with Crippen LogP contribution in [-0.4, -0.2) is 9.97 Å². The highest BCUT2D eigenvalue weighted by molar-refractivity contribution is 4.95. The van der Waals surface area contributed by atoms with Crippen molar-refractivity contribution in [2.45, 2.75) is 6.42 Å². The van der Waals surface area contributed by atoms with Crippen molar-refractivity contribution >= 4 is 0 Å². The Kier molecular flexibility index (Phi) is 2.43. The van der Waals surface area contributed by atoms with Crippen molar-refractivity contribution in [2.75, 3.05) is 0 Å². The standard InChI is InChI=1S/C7H9N3/c8-4-1-3-7-9-5-2-6-10-7/h1-2,4-6H,3,8H2. The third kappa shape index (κ3) is 1.85. The summed E-state index contributed by atoms with van der Waals surface area (Å²) in [6.45, 7) is 0. The minimum atomic E-state index is 0.706. The van der Waals surface area contributed by atoms with Gasteiger partial charge in [0, 0.05) is 18.8 Å². The smallest absolute Gasteiger partial charge is 0.132 e. The molecule has 0 saturated heterocycles. The Morgan fingerprint density at radius 3 is 2.70 bits per heavy atom. The van der Waals surface area contributed by atoms with E-state index < -0.39 is 0 Å². The van der Waals surface area contributed by atoms with E-state index in [1.807, 2.05) is 6.08 Å². The Morgan fingerprint density at radius 2 is 2.10 bits per heavy atom. The van der Waals surface area contributed by atoms with Crippen molar-refractivity contribution in [1.82, 2.24) is 9.97 Å². The summed E-state index contributed by atoms with van der Waals surface area (Å²) < 4.78 is 0. The second kappa shape index (κ2) is 3.61. The average Bonchev–Trinajstić information content (AvgIpc) is 2.03. The summed E-state index contributed by atoms with van der Waals surface area (Å²) in [5, 5.41) is 0. The van der Waals surface area contributed by atoms with Crippen LogP contribution in [0.2, 0.25) is 0 Å². The van der Waals surface area contributed by atoms with E-state index in [9.17, 15) is 0 Å². The van der Waals surface area contributed by atoms with E-state index in [2.05, 4.69) is 9.97 Å². The first-order valence-corrected chi connectivity index (χ1v) is 3.06. The fourth-order valence-corrected chi connectivity index (χ4v) is 0.609. The first-order valence-electron chi connectivity index (χ1n) is 3.06. The van der Waals surface area contributed by atoms with Gasteiger partial charge in [-0.2, -0.15) is 0 Å². The molecule has 1 heterocycles. The first kappa shape index (κ1) is 6.74. The van der Waals surface area contributed by atoms with Gasteiger partial charge in [-0.3, -0.25) is 0 Å². The van der Waals surface area contributed by atoms with Crippen LogP contribution in [0.25, 0.3) is 0 Å². The van der Waals surface area contributed by atoms with Gasteiger partial charge in [-0.25, -0.2) is 9.97 Å². The molecular formula is C7H9N3. The summed E-state index contributed by atoms with van der Waals surface area (Å²) in [7, 11) is 0. The number of nitrogens with two attached hydrogens (primary N) is 1. The Labute approximate surface area is 59.6 Å². The lowest BCUT2D eigenvalue weighted by Crippen LogP contribution is -1.90. The monoisotopic (exact) mass is 135 g/mol. The highest BCUT2D eigenvalue weighted by Gasteiger charge is 1.86. The molecule has 1 aromatic rings. The van der Waals surface area contributed by atoms with E-state index in [0.717, 1.165) is 5.82 Å². The molecule has 0 aliphatic carbocycles. The molecule has 52 valence electrons. The van der Waals surface area contributed by atoms with Gasteiger partial charge in [0.1, 0.15) is 5.82 Å². The maximum absolute atomic E-state index is 5.14. The molecule has 0 fully saturated rings. The molecule has 10 heavy (non-hydrogen) atoms. The van der Waals surface area contributed by atoms with Crippen LogP contribution < -0.4 is 5.73 Å². The Hall–Kier alpha value is -1.38. The summed E-state index contributed by atoms with van der Waals surface area (Å²) in [5.74, 6) is 0.796. The van der Waals surface area contributed by atoms with Crippen molar-refractivity contribution in [1.29, 1.82) is 0 Å². The predicted octanol–water partition coefficient (Wildman–Crippen LogP) is 0.492. The molecule has 3 nitrogen and oxygen atoms in total. The molecule has 0 atom stereocenters. The number of nitrogens with zero attached hydrogens (tertiary/aromatic N) is 2. The normalized spacial score (nSPS) is 10.4. The molecule has 0 bridgehead atoms. The number of hydrogen-bond donors (Lipinski definition) is 1. The minimum absolute atomic E-state index is 0.706. The van der Waals surface area contributed by atoms with Gasteiger partial charge < -0.3 is 5.73 Å². The fourth-order valence-electron chi connectivity index (χ4n) is 0.609. The zero-order valence-corrected chi connectivity index (χ0v) is 5.57. The van der Waals surface area contributed by atoms with Gasteiger partial charge in [-0.1, -0.05) is 6.08 Å². The number of rotatable bonds is 2. The molecule has 1 aromatic heterocycles. The molecule has 0 spiro atoms. The summed E-state index contributed by atoms with van der Waals surface area (Å²) in [5.41, 5.74) is 5.14. The molecule has 0 amide bonds. The number of allylic oxidation sites excluding steroid dienone is 1. The first-order chi connectivity index (χ1) is 4.93. The van der Waals surface area contributed by atoms with Gasteiger partial charge in [0.25, 0.3) is 0 Å². The van der Waals surface area contributed by atoms with Crippen LogP contribution in [0.15, 0.2) is 30.7 Å². The van der Waals surface area contributed by atoms with Crippen molar-refractivity contribution in [3.05, 3.63) is 36.6 Å². The lowest BCUT2D eigenvalue weighted by atomic mass is 10.4. The third-order valence-corrected chi connectivity index (χ3v) is 1.06. The van der Waals surface area contributed by atoms with E-state index in [4.69, 9.17) is 5.73 Å². The zero-order chi connectivity index (χ0) is 7.23. The van der Waals surface area contributed by atoms with E-state index in [1.54, 1.807) is 18.5 Å². The van der Waals surface area contributed by atoms with Crippen LogP contribution in [0, 0.1) is 0 Å². The molecule has 0 radical (unpaired) electrons. The second-order valence-corrected chi connectivity index (χ2v) is 1.80. The van der Waals surface area contributed by atoms with Crippen molar-refractivity contribution in [3.63, 3.8) is 0 Å². The van der Waals surface area contributed by atoms with Gasteiger partial charge in [0.05, 0.1) is 0 Å². The Morgan fingerprint density at radius 1 is 1.40 bits per heavy atom. The van der Waals surface area contributed by atoms with E-state index in [-0.39, 0.29) is 0 Å². The molecule has 0 aromatic carbocycles. The maximum atomic E-state index is 5.14. The fraction of sp³-hybridized carbons (Fsp3) is 0.143. The van der Waals surface area contributed by atoms with Crippen LogP contribution in [-0.2, 0) is 6.42 Å². The molecule has 0 saturated carbocycles. The lowest BCUT2D eigenvalue weighted by Gasteiger charge is -1.89. The maximum Gasteiger partial charge on any atom is 0.132 e. The molecule has 0 aliphatic heterocycles. The van der Waals surface area contributed by atoms with Crippen LogP contribution >= 0.6 is 0 Å². The largest absolute Gasteiger partial charge is 0.405 e. The predicted molar refractivity (Wildman–Crippen MR) is 39.1 cm³/mol. The van der Waals surface area contributed by atoms with E-state index in [1.165, 1.54) is 6.20 Å². The quantitative estimate of drug-likeness (QED) is 0.642. The summed E-state index contributed by atoms with van der Waals surface area (Å²) in [4.78, 5) is 8.00. The zero-order valence-electron chi connectivity index (χ0n) is 5.57. The minimum Gasteiger partial charge on any atom is -0.405 e. The van der Waals surface area contributed by atoms with E-state index >= 15 is 0 Å². The van der Waals surface area contributed by atoms with Crippen LogP contribution in [0.3, 0.4) is 0 Å². The Balaban J connectivity index is 2.59. The van der Waals surface area contributed by atoms with Gasteiger partial charge >= 0.3 is 0 Å². The number of hydrogen-bond acceptors (Lipinski definition) is 3. The van der Waals surface area contributed by atoms with Gasteiger partial charge in [-0.15, -0.1) is 0 Å².